The van der Waals surface area contributed by atoms with Gasteiger partial charge in [-0.1, -0.05) is 6.08 Å². The van der Waals surface area contributed by atoms with E-state index in [1.807, 2.05) is 24.4 Å². The van der Waals surface area contributed by atoms with Crippen LogP contribution in [0.5, 0.6) is 0 Å². The Kier molecular flexibility index (Phi) is 5.13. The third-order valence-corrected chi connectivity index (χ3v) is 3.96. The number of hydrogen-bond donors (Lipinski definition) is 1. The molecule has 1 amide bonds. The van der Waals surface area contributed by atoms with Gasteiger partial charge >= 0.3 is 0 Å². The Morgan fingerprint density at radius 1 is 1.63 bits per heavy atom. The molecule has 0 spiro atoms. The molecule has 1 N–H and O–H groups in total. The fourth-order valence-corrected chi connectivity index (χ4v) is 2.79. The summed E-state index contributed by atoms with van der Waals surface area (Å²) in [4.78, 5) is 14.5. The van der Waals surface area contributed by atoms with Crippen molar-refractivity contribution in [2.45, 2.75) is 26.1 Å². The van der Waals surface area contributed by atoms with E-state index in [0.717, 1.165) is 5.56 Å². The lowest BCUT2D eigenvalue weighted by Crippen LogP contribution is -2.53. The number of carbonyl (C=O) groups is 1. The van der Waals surface area contributed by atoms with Crippen molar-refractivity contribution in [3.8, 4) is 0 Å². The van der Waals surface area contributed by atoms with Crippen LogP contribution in [0.4, 0.5) is 0 Å². The van der Waals surface area contributed by atoms with E-state index in [-0.39, 0.29) is 12.0 Å². The van der Waals surface area contributed by atoms with Gasteiger partial charge in [0.25, 0.3) is 0 Å². The van der Waals surface area contributed by atoms with Crippen molar-refractivity contribution in [3.63, 3.8) is 0 Å². The molecule has 2 rings (SSSR count). The quantitative estimate of drug-likeness (QED) is 0.810. The second-order valence-corrected chi connectivity index (χ2v) is 5.51. The second-order valence-electron chi connectivity index (χ2n) is 4.57. The molecule has 0 aliphatic carbocycles. The first-order chi connectivity index (χ1) is 9.20. The van der Waals surface area contributed by atoms with E-state index in [9.17, 15) is 4.79 Å². The molecule has 0 bridgehead atoms. The number of carbonyl (C=O) groups excluding carboxylic acids is 1. The number of rotatable bonds is 6. The van der Waals surface area contributed by atoms with Gasteiger partial charge in [-0.3, -0.25) is 4.79 Å². The molecule has 4 nitrogen and oxygen atoms in total. The molecule has 104 valence electrons. The van der Waals surface area contributed by atoms with Gasteiger partial charge < -0.3 is 14.7 Å². The average molecular weight is 281 g/mol. The number of aliphatic hydroxyl groups excluding tert-OH is 1. The lowest BCUT2D eigenvalue weighted by atomic mass is 10.1. The molecule has 0 atom stereocenters. The molecule has 0 unspecified atom stereocenters. The maximum Gasteiger partial charge on any atom is 0.225 e. The molecule has 1 aromatic heterocycles. The normalized spacial score (nSPS) is 16.0. The highest BCUT2D eigenvalue weighted by Gasteiger charge is 2.27. The first-order valence-electron chi connectivity index (χ1n) is 6.43. The van der Waals surface area contributed by atoms with Crippen LogP contribution in [0.25, 0.3) is 6.08 Å². The summed E-state index contributed by atoms with van der Waals surface area (Å²) in [5, 5.41) is 11.2. The lowest BCUT2D eigenvalue weighted by molar-refractivity contribution is -0.142. The van der Waals surface area contributed by atoms with Gasteiger partial charge in [-0.05, 0) is 30.0 Å². The minimum atomic E-state index is -0.334. The maximum atomic E-state index is 11.6. The largest absolute Gasteiger partial charge is 0.389 e. The molecule has 1 aromatic rings. The summed E-state index contributed by atoms with van der Waals surface area (Å²) in [5.41, 5.74) is 1.16. The first kappa shape index (κ1) is 14.2. The van der Waals surface area contributed by atoms with Crippen LogP contribution >= 0.6 is 11.3 Å². The number of amides is 1. The Hall–Kier alpha value is -1.17. The van der Waals surface area contributed by atoms with Gasteiger partial charge in [0.2, 0.25) is 5.91 Å². The van der Waals surface area contributed by atoms with Gasteiger partial charge in [-0.15, -0.1) is 11.3 Å². The first-order valence-corrected chi connectivity index (χ1v) is 7.31. The Morgan fingerprint density at radius 2 is 2.42 bits per heavy atom. The van der Waals surface area contributed by atoms with E-state index in [2.05, 4.69) is 6.08 Å². The van der Waals surface area contributed by atoms with Crippen LogP contribution in [-0.4, -0.2) is 41.7 Å². The molecule has 19 heavy (non-hydrogen) atoms. The Labute approximate surface area is 117 Å². The van der Waals surface area contributed by atoms with E-state index >= 15 is 0 Å². The second kappa shape index (κ2) is 6.84. The molecule has 2 heterocycles. The topological polar surface area (TPSA) is 49.8 Å². The van der Waals surface area contributed by atoms with Crippen LogP contribution in [0.1, 0.15) is 23.8 Å². The van der Waals surface area contributed by atoms with Gasteiger partial charge in [0.1, 0.15) is 0 Å². The number of hydrogen-bond acceptors (Lipinski definition) is 4. The predicted molar refractivity (Wildman–Crippen MR) is 75.9 cm³/mol. The Bertz CT molecular complexity index is 449. The summed E-state index contributed by atoms with van der Waals surface area (Å²) in [6, 6.07) is 2.05. The maximum absolute atomic E-state index is 11.6. The highest BCUT2D eigenvalue weighted by Crippen LogP contribution is 2.19. The monoisotopic (exact) mass is 281 g/mol. The standard InChI is InChI=1S/C14H19NO3S/c1-2-3-13-11(5-7-19-13)10-18-6-4-14(17)15-8-12(16)9-15/h2-3,5,7,12,16H,4,6,8-10H2,1H3/b3-2-. The lowest BCUT2D eigenvalue weighted by Gasteiger charge is -2.35. The van der Waals surface area contributed by atoms with E-state index in [1.165, 1.54) is 4.88 Å². The predicted octanol–water partition coefficient (Wildman–Crippen LogP) is 1.89. The molecule has 1 saturated heterocycles. The number of ether oxygens (including phenoxy) is 1. The van der Waals surface area contributed by atoms with Crippen molar-refractivity contribution >= 4 is 23.3 Å². The van der Waals surface area contributed by atoms with Crippen molar-refractivity contribution in [1.29, 1.82) is 0 Å². The zero-order chi connectivity index (χ0) is 13.7. The van der Waals surface area contributed by atoms with Gasteiger partial charge in [-0.25, -0.2) is 0 Å². The smallest absolute Gasteiger partial charge is 0.225 e. The number of β-amino-alcohol motifs (C(OH)–C–C–N with tert-alkyl or cyclic N) is 1. The molecule has 5 heteroatoms. The van der Waals surface area contributed by atoms with Gasteiger partial charge in [0.05, 0.1) is 25.7 Å². The van der Waals surface area contributed by atoms with Crippen molar-refractivity contribution in [2.75, 3.05) is 19.7 Å². The zero-order valence-corrected chi connectivity index (χ0v) is 11.9. The number of aliphatic hydroxyl groups is 1. The van der Waals surface area contributed by atoms with Crippen molar-refractivity contribution in [2.24, 2.45) is 0 Å². The van der Waals surface area contributed by atoms with Gasteiger partial charge in [0, 0.05) is 18.0 Å². The van der Waals surface area contributed by atoms with Crippen LogP contribution in [-0.2, 0) is 16.1 Å². The van der Waals surface area contributed by atoms with Crippen LogP contribution in [0, 0.1) is 0 Å². The van der Waals surface area contributed by atoms with Gasteiger partial charge in [0.15, 0.2) is 0 Å². The molecular formula is C14H19NO3S. The van der Waals surface area contributed by atoms with E-state index in [4.69, 9.17) is 9.84 Å². The molecular weight excluding hydrogens is 262 g/mol. The average Bonchev–Trinajstić information content (AvgIpc) is 2.78. The molecule has 1 aliphatic heterocycles. The van der Waals surface area contributed by atoms with Crippen molar-refractivity contribution in [3.05, 3.63) is 28.0 Å². The molecule has 0 saturated carbocycles. The highest BCUT2D eigenvalue weighted by molar-refractivity contribution is 7.11. The Morgan fingerprint density at radius 3 is 3.11 bits per heavy atom. The molecule has 1 fully saturated rings. The number of allylic oxidation sites excluding steroid dienone is 1. The van der Waals surface area contributed by atoms with Gasteiger partial charge in [-0.2, -0.15) is 0 Å². The van der Waals surface area contributed by atoms with E-state index in [1.54, 1.807) is 16.2 Å². The summed E-state index contributed by atoms with van der Waals surface area (Å²) in [6.45, 7) is 3.89. The number of nitrogens with zero attached hydrogens (tertiary/aromatic N) is 1. The third kappa shape index (κ3) is 3.89. The number of likely N-dealkylation sites (tertiary alicyclic amines) is 1. The van der Waals surface area contributed by atoms with Crippen molar-refractivity contribution < 1.29 is 14.6 Å². The summed E-state index contributed by atoms with van der Waals surface area (Å²) in [5.74, 6) is 0.0595. The summed E-state index contributed by atoms with van der Waals surface area (Å²) in [7, 11) is 0. The van der Waals surface area contributed by atoms with E-state index < -0.39 is 0 Å². The Balaban J connectivity index is 1.66. The number of thiophene rings is 1. The van der Waals surface area contributed by atoms with Crippen LogP contribution in [0.15, 0.2) is 17.5 Å². The summed E-state index contributed by atoms with van der Waals surface area (Å²) < 4.78 is 5.54. The molecule has 0 aromatic carbocycles. The molecule has 0 radical (unpaired) electrons. The fraction of sp³-hybridized carbons (Fsp3) is 0.500. The van der Waals surface area contributed by atoms with Crippen LogP contribution < -0.4 is 0 Å². The fourth-order valence-electron chi connectivity index (χ4n) is 1.92. The third-order valence-electron chi connectivity index (χ3n) is 3.03. The minimum absolute atomic E-state index is 0.0595. The van der Waals surface area contributed by atoms with Crippen LogP contribution in [0.2, 0.25) is 0 Å². The van der Waals surface area contributed by atoms with E-state index in [0.29, 0.717) is 32.7 Å². The highest BCUT2D eigenvalue weighted by atomic mass is 32.1. The summed E-state index contributed by atoms with van der Waals surface area (Å²) >= 11 is 1.69. The van der Waals surface area contributed by atoms with Crippen LogP contribution in [0.3, 0.4) is 0 Å². The SMILES string of the molecule is C/C=C\c1sccc1COCCC(=O)N1CC(O)C1. The zero-order valence-electron chi connectivity index (χ0n) is 11.0. The minimum Gasteiger partial charge on any atom is -0.389 e. The molecule has 1 aliphatic rings. The van der Waals surface area contributed by atoms with Crippen molar-refractivity contribution in [1.82, 2.24) is 4.90 Å². The summed E-state index contributed by atoms with van der Waals surface area (Å²) in [6.07, 6.45) is 4.12.